The maximum atomic E-state index is 5.90. The lowest BCUT2D eigenvalue weighted by Crippen LogP contribution is -2.29. The van der Waals surface area contributed by atoms with E-state index >= 15 is 0 Å². The molecular weight excluding hydrogens is 277 g/mol. The van der Waals surface area contributed by atoms with E-state index in [0.29, 0.717) is 6.61 Å². The number of hydrogen-bond acceptors (Lipinski definition) is 2. The Labute approximate surface area is 91.6 Å². The molecule has 0 aliphatic heterocycles. The molecule has 2 nitrogen and oxygen atoms in total. The van der Waals surface area contributed by atoms with E-state index in [2.05, 4.69) is 22.6 Å². The van der Waals surface area contributed by atoms with Gasteiger partial charge in [0.1, 0.15) is 12.4 Å². The van der Waals surface area contributed by atoms with Gasteiger partial charge < -0.3 is 10.5 Å². The van der Waals surface area contributed by atoms with E-state index in [9.17, 15) is 0 Å². The van der Waals surface area contributed by atoms with Crippen molar-refractivity contribution in [3.8, 4) is 5.75 Å². The van der Waals surface area contributed by atoms with E-state index in [1.807, 2.05) is 24.3 Å². The van der Waals surface area contributed by atoms with E-state index in [4.69, 9.17) is 10.5 Å². The highest BCUT2D eigenvalue weighted by Crippen LogP contribution is 2.32. The van der Waals surface area contributed by atoms with Crippen molar-refractivity contribution in [3.05, 3.63) is 27.8 Å². The molecule has 0 atom stereocenters. The number of rotatable bonds is 3. The molecule has 1 aliphatic carbocycles. The number of benzene rings is 1. The van der Waals surface area contributed by atoms with Gasteiger partial charge in [0, 0.05) is 3.57 Å². The summed E-state index contributed by atoms with van der Waals surface area (Å²) in [6.07, 6.45) is 2.19. The first-order chi connectivity index (χ1) is 6.18. The van der Waals surface area contributed by atoms with Gasteiger partial charge in [0.15, 0.2) is 0 Å². The standard InChI is InChI=1S/C10H12INO/c11-8-1-3-9(4-2-8)13-7-10(12)5-6-10/h1-4H,5-7,12H2. The van der Waals surface area contributed by atoms with Gasteiger partial charge in [-0.05, 0) is 59.7 Å². The fourth-order valence-corrected chi connectivity index (χ4v) is 1.42. The SMILES string of the molecule is NC1(COc2ccc(I)cc2)CC1. The van der Waals surface area contributed by atoms with Crippen LogP contribution in [-0.2, 0) is 0 Å². The Balaban J connectivity index is 1.91. The largest absolute Gasteiger partial charge is 0.492 e. The van der Waals surface area contributed by atoms with Crippen LogP contribution in [0.25, 0.3) is 0 Å². The summed E-state index contributed by atoms with van der Waals surface area (Å²) < 4.78 is 6.78. The Morgan fingerprint density at radius 2 is 1.92 bits per heavy atom. The van der Waals surface area contributed by atoms with Crippen LogP contribution in [0.5, 0.6) is 5.75 Å². The van der Waals surface area contributed by atoms with Crippen LogP contribution in [0.2, 0.25) is 0 Å². The minimum atomic E-state index is -0.0248. The third-order valence-electron chi connectivity index (χ3n) is 2.23. The van der Waals surface area contributed by atoms with Crippen molar-refractivity contribution in [2.75, 3.05) is 6.61 Å². The van der Waals surface area contributed by atoms with Crippen LogP contribution in [0.4, 0.5) is 0 Å². The Kier molecular flexibility index (Phi) is 2.47. The van der Waals surface area contributed by atoms with Gasteiger partial charge in [-0.15, -0.1) is 0 Å². The molecule has 0 spiro atoms. The van der Waals surface area contributed by atoms with Crippen LogP contribution in [-0.4, -0.2) is 12.1 Å². The average Bonchev–Trinajstić information content (AvgIpc) is 2.84. The van der Waals surface area contributed by atoms with Gasteiger partial charge in [0.25, 0.3) is 0 Å². The Bertz CT molecular complexity index is 292. The molecule has 2 rings (SSSR count). The molecule has 1 aromatic rings. The fraction of sp³-hybridized carbons (Fsp3) is 0.400. The van der Waals surface area contributed by atoms with Gasteiger partial charge in [-0.1, -0.05) is 0 Å². The zero-order chi connectivity index (χ0) is 9.31. The first-order valence-electron chi connectivity index (χ1n) is 4.35. The van der Waals surface area contributed by atoms with Crippen LogP contribution in [0.15, 0.2) is 24.3 Å². The molecule has 1 aromatic carbocycles. The highest BCUT2D eigenvalue weighted by Gasteiger charge is 2.39. The van der Waals surface area contributed by atoms with Crippen molar-refractivity contribution >= 4 is 22.6 Å². The molecule has 0 heterocycles. The van der Waals surface area contributed by atoms with Crippen LogP contribution in [0.1, 0.15) is 12.8 Å². The molecule has 1 fully saturated rings. The summed E-state index contributed by atoms with van der Waals surface area (Å²) in [6.45, 7) is 0.646. The monoisotopic (exact) mass is 289 g/mol. The predicted molar refractivity (Wildman–Crippen MR) is 60.8 cm³/mol. The molecule has 0 bridgehead atoms. The molecule has 0 amide bonds. The smallest absolute Gasteiger partial charge is 0.119 e. The van der Waals surface area contributed by atoms with Crippen molar-refractivity contribution in [1.29, 1.82) is 0 Å². The molecule has 13 heavy (non-hydrogen) atoms. The zero-order valence-electron chi connectivity index (χ0n) is 7.29. The molecule has 1 saturated carbocycles. The molecule has 70 valence electrons. The second-order valence-electron chi connectivity index (χ2n) is 3.60. The number of hydrogen-bond donors (Lipinski definition) is 1. The van der Waals surface area contributed by atoms with Gasteiger partial charge >= 0.3 is 0 Å². The number of nitrogens with two attached hydrogens (primary N) is 1. The van der Waals surface area contributed by atoms with Crippen molar-refractivity contribution < 1.29 is 4.74 Å². The lowest BCUT2D eigenvalue weighted by Gasteiger charge is -2.10. The van der Waals surface area contributed by atoms with Gasteiger partial charge in [-0.25, -0.2) is 0 Å². The van der Waals surface area contributed by atoms with E-state index in [1.54, 1.807) is 0 Å². The summed E-state index contributed by atoms with van der Waals surface area (Å²) in [6, 6.07) is 8.03. The Morgan fingerprint density at radius 3 is 2.46 bits per heavy atom. The van der Waals surface area contributed by atoms with Crippen LogP contribution in [0.3, 0.4) is 0 Å². The van der Waals surface area contributed by atoms with Gasteiger partial charge in [0.05, 0.1) is 5.54 Å². The van der Waals surface area contributed by atoms with Gasteiger partial charge in [0.2, 0.25) is 0 Å². The van der Waals surface area contributed by atoms with Gasteiger partial charge in [-0.3, -0.25) is 0 Å². The summed E-state index contributed by atoms with van der Waals surface area (Å²) >= 11 is 2.27. The summed E-state index contributed by atoms with van der Waals surface area (Å²) in [5.74, 6) is 0.914. The predicted octanol–water partition coefficient (Wildman–Crippen LogP) is 2.16. The molecule has 0 radical (unpaired) electrons. The highest BCUT2D eigenvalue weighted by molar-refractivity contribution is 14.1. The molecular formula is C10H12INO. The normalized spacial score (nSPS) is 18.3. The topological polar surface area (TPSA) is 35.2 Å². The van der Waals surface area contributed by atoms with Crippen molar-refractivity contribution in [2.45, 2.75) is 18.4 Å². The minimum absolute atomic E-state index is 0.0248. The van der Waals surface area contributed by atoms with Crippen LogP contribution < -0.4 is 10.5 Å². The number of ether oxygens (including phenoxy) is 1. The molecule has 3 heteroatoms. The molecule has 2 N–H and O–H groups in total. The Morgan fingerprint density at radius 1 is 1.31 bits per heavy atom. The first kappa shape index (κ1) is 9.27. The highest BCUT2D eigenvalue weighted by atomic mass is 127. The van der Waals surface area contributed by atoms with Crippen LogP contribution >= 0.6 is 22.6 Å². The van der Waals surface area contributed by atoms with E-state index in [1.165, 1.54) is 3.57 Å². The maximum Gasteiger partial charge on any atom is 0.119 e. The summed E-state index contributed by atoms with van der Waals surface area (Å²) in [5.41, 5.74) is 5.87. The molecule has 1 aliphatic rings. The van der Waals surface area contributed by atoms with E-state index in [-0.39, 0.29) is 5.54 Å². The van der Waals surface area contributed by atoms with Crippen molar-refractivity contribution in [1.82, 2.24) is 0 Å². The zero-order valence-corrected chi connectivity index (χ0v) is 9.45. The average molecular weight is 289 g/mol. The maximum absolute atomic E-state index is 5.90. The lowest BCUT2D eigenvalue weighted by molar-refractivity contribution is 0.279. The minimum Gasteiger partial charge on any atom is -0.492 e. The third kappa shape index (κ3) is 2.57. The summed E-state index contributed by atoms with van der Waals surface area (Å²) in [7, 11) is 0. The third-order valence-corrected chi connectivity index (χ3v) is 2.95. The number of halogens is 1. The molecule has 0 aromatic heterocycles. The van der Waals surface area contributed by atoms with Crippen molar-refractivity contribution in [2.24, 2.45) is 5.73 Å². The second-order valence-corrected chi connectivity index (χ2v) is 4.85. The van der Waals surface area contributed by atoms with Gasteiger partial charge in [-0.2, -0.15) is 0 Å². The fourth-order valence-electron chi connectivity index (χ4n) is 1.06. The lowest BCUT2D eigenvalue weighted by atomic mass is 10.3. The van der Waals surface area contributed by atoms with E-state index in [0.717, 1.165) is 18.6 Å². The van der Waals surface area contributed by atoms with Crippen LogP contribution in [0, 0.1) is 3.57 Å². The quantitative estimate of drug-likeness (QED) is 0.865. The summed E-state index contributed by atoms with van der Waals surface area (Å²) in [5, 5.41) is 0. The second kappa shape index (κ2) is 3.46. The van der Waals surface area contributed by atoms with E-state index < -0.39 is 0 Å². The first-order valence-corrected chi connectivity index (χ1v) is 5.43. The molecule has 0 unspecified atom stereocenters. The summed E-state index contributed by atoms with van der Waals surface area (Å²) in [4.78, 5) is 0. The van der Waals surface area contributed by atoms with Crippen molar-refractivity contribution in [3.63, 3.8) is 0 Å². The molecule has 0 saturated heterocycles. The Hall–Kier alpha value is -0.290.